The zero-order valence-electron chi connectivity index (χ0n) is 8.95. The molecule has 2 rings (SSSR count). The summed E-state index contributed by atoms with van der Waals surface area (Å²) >= 11 is 0. The van der Waals surface area contributed by atoms with Crippen molar-refractivity contribution in [3.05, 3.63) is 41.5 Å². The van der Waals surface area contributed by atoms with Gasteiger partial charge < -0.3 is 4.74 Å². The normalized spacial score (nSPS) is 10.4. The van der Waals surface area contributed by atoms with Gasteiger partial charge in [0.1, 0.15) is 5.82 Å². The van der Waals surface area contributed by atoms with Crippen molar-refractivity contribution in [3.8, 4) is 0 Å². The minimum atomic E-state index is -0.659. The third-order valence-electron chi connectivity index (χ3n) is 2.54. The Morgan fingerprint density at radius 2 is 2.25 bits per heavy atom. The number of ether oxygens (including phenoxy) is 1. The molecule has 1 aromatic heterocycles. The maximum absolute atomic E-state index is 13.7. The van der Waals surface area contributed by atoms with Crippen molar-refractivity contribution in [2.24, 2.45) is 0 Å². The summed E-state index contributed by atoms with van der Waals surface area (Å²) < 4.78 is 18.2. The number of aromatic nitrogens is 1. The van der Waals surface area contributed by atoms with E-state index >= 15 is 0 Å². The molecule has 0 saturated heterocycles. The van der Waals surface area contributed by atoms with Gasteiger partial charge >= 0.3 is 5.97 Å². The number of methoxy groups -OCH3 is 1. The first-order valence-electron chi connectivity index (χ1n) is 4.76. The summed E-state index contributed by atoms with van der Waals surface area (Å²) in [5.74, 6) is -1.24. The Bertz CT molecular complexity index is 566. The highest BCUT2D eigenvalue weighted by Gasteiger charge is 2.17. The number of hydrogen-bond donors (Lipinski definition) is 0. The number of nitrogens with zero attached hydrogens (tertiary/aromatic N) is 1. The SMILES string of the molecule is COC(=O)c1c(F)cc2cnccc2c1C. The molecule has 0 aliphatic heterocycles. The zero-order valence-corrected chi connectivity index (χ0v) is 8.95. The molecule has 0 atom stereocenters. The van der Waals surface area contributed by atoms with Crippen molar-refractivity contribution in [2.45, 2.75) is 6.92 Å². The molecule has 0 radical (unpaired) electrons. The lowest BCUT2D eigenvalue weighted by molar-refractivity contribution is 0.0595. The van der Waals surface area contributed by atoms with Crippen molar-refractivity contribution in [2.75, 3.05) is 7.11 Å². The minimum absolute atomic E-state index is 0.0128. The van der Waals surface area contributed by atoms with Gasteiger partial charge in [0.05, 0.1) is 12.7 Å². The molecule has 0 bridgehead atoms. The number of hydrogen-bond acceptors (Lipinski definition) is 3. The number of benzene rings is 1. The van der Waals surface area contributed by atoms with Gasteiger partial charge in [0.25, 0.3) is 0 Å². The van der Waals surface area contributed by atoms with Gasteiger partial charge in [0.2, 0.25) is 0 Å². The topological polar surface area (TPSA) is 39.2 Å². The predicted molar refractivity (Wildman–Crippen MR) is 57.8 cm³/mol. The van der Waals surface area contributed by atoms with E-state index in [2.05, 4.69) is 9.72 Å². The first kappa shape index (κ1) is 10.5. The van der Waals surface area contributed by atoms with E-state index < -0.39 is 11.8 Å². The first-order valence-corrected chi connectivity index (χ1v) is 4.76. The standard InChI is InChI=1S/C12H10FNO2/c1-7-9-3-4-14-6-8(9)5-10(13)11(7)12(15)16-2/h3-6H,1-2H3. The molecule has 4 heteroatoms. The minimum Gasteiger partial charge on any atom is -0.465 e. The number of rotatable bonds is 1. The summed E-state index contributed by atoms with van der Waals surface area (Å²) in [5, 5.41) is 1.47. The maximum atomic E-state index is 13.7. The zero-order chi connectivity index (χ0) is 11.7. The Labute approximate surface area is 91.9 Å². The summed E-state index contributed by atoms with van der Waals surface area (Å²) in [6.07, 6.45) is 3.17. The molecule has 16 heavy (non-hydrogen) atoms. The van der Waals surface area contributed by atoms with E-state index in [9.17, 15) is 9.18 Å². The van der Waals surface area contributed by atoms with E-state index in [4.69, 9.17) is 0 Å². The largest absolute Gasteiger partial charge is 0.465 e. The van der Waals surface area contributed by atoms with E-state index in [0.717, 1.165) is 5.39 Å². The molecule has 0 unspecified atom stereocenters. The Balaban J connectivity index is 2.80. The van der Waals surface area contributed by atoms with Crippen LogP contribution in [0, 0.1) is 12.7 Å². The van der Waals surface area contributed by atoms with E-state index in [0.29, 0.717) is 10.9 Å². The van der Waals surface area contributed by atoms with Crippen LogP contribution in [0.25, 0.3) is 10.8 Å². The highest BCUT2D eigenvalue weighted by Crippen LogP contribution is 2.24. The smallest absolute Gasteiger partial charge is 0.341 e. The molecule has 0 aliphatic rings. The fourth-order valence-corrected chi connectivity index (χ4v) is 1.74. The monoisotopic (exact) mass is 219 g/mol. The van der Waals surface area contributed by atoms with Gasteiger partial charge in [-0.3, -0.25) is 4.98 Å². The van der Waals surface area contributed by atoms with E-state index in [-0.39, 0.29) is 5.56 Å². The maximum Gasteiger partial charge on any atom is 0.341 e. The number of esters is 1. The van der Waals surface area contributed by atoms with Crippen LogP contribution >= 0.6 is 0 Å². The van der Waals surface area contributed by atoms with Gasteiger partial charge in [-0.2, -0.15) is 0 Å². The van der Waals surface area contributed by atoms with Gasteiger partial charge in [-0.25, -0.2) is 9.18 Å². The number of carbonyl (C=O) groups is 1. The highest BCUT2D eigenvalue weighted by atomic mass is 19.1. The molecule has 0 aliphatic carbocycles. The summed E-state index contributed by atoms with van der Waals surface area (Å²) in [4.78, 5) is 15.3. The molecule has 0 amide bonds. The van der Waals surface area contributed by atoms with Crippen LogP contribution in [-0.2, 0) is 4.74 Å². The molecule has 1 aromatic carbocycles. The molecular formula is C12H10FNO2. The van der Waals surface area contributed by atoms with Gasteiger partial charge in [-0.15, -0.1) is 0 Å². The van der Waals surface area contributed by atoms with Gasteiger partial charge in [0.15, 0.2) is 0 Å². The molecule has 82 valence electrons. The predicted octanol–water partition coefficient (Wildman–Crippen LogP) is 2.47. The number of pyridine rings is 1. The lowest BCUT2D eigenvalue weighted by atomic mass is 10.0. The highest BCUT2D eigenvalue weighted by molar-refractivity contribution is 5.98. The second kappa shape index (κ2) is 3.89. The number of carbonyl (C=O) groups excluding carboxylic acids is 1. The molecule has 0 saturated carbocycles. The van der Waals surface area contributed by atoms with E-state index in [1.807, 2.05) is 0 Å². The third-order valence-corrected chi connectivity index (χ3v) is 2.54. The number of aryl methyl sites for hydroxylation is 1. The number of halogens is 1. The van der Waals surface area contributed by atoms with Gasteiger partial charge in [-0.05, 0) is 30.0 Å². The average molecular weight is 219 g/mol. The molecular weight excluding hydrogens is 209 g/mol. The second-order valence-electron chi connectivity index (χ2n) is 3.45. The molecule has 0 N–H and O–H groups in total. The van der Waals surface area contributed by atoms with Crippen LogP contribution in [0.4, 0.5) is 4.39 Å². The van der Waals surface area contributed by atoms with Gasteiger partial charge in [-0.1, -0.05) is 0 Å². The van der Waals surface area contributed by atoms with Crippen LogP contribution < -0.4 is 0 Å². The quantitative estimate of drug-likeness (QED) is 0.691. The van der Waals surface area contributed by atoms with Crippen molar-refractivity contribution < 1.29 is 13.9 Å². The fourth-order valence-electron chi connectivity index (χ4n) is 1.74. The number of fused-ring (bicyclic) bond motifs is 1. The van der Waals surface area contributed by atoms with Crippen molar-refractivity contribution in [3.63, 3.8) is 0 Å². The van der Waals surface area contributed by atoms with Crippen LogP contribution in [-0.4, -0.2) is 18.1 Å². The van der Waals surface area contributed by atoms with Crippen molar-refractivity contribution >= 4 is 16.7 Å². The second-order valence-corrected chi connectivity index (χ2v) is 3.45. The fraction of sp³-hybridized carbons (Fsp3) is 0.167. The average Bonchev–Trinajstić information content (AvgIpc) is 2.28. The van der Waals surface area contributed by atoms with E-state index in [1.165, 1.54) is 13.2 Å². The third kappa shape index (κ3) is 1.52. The van der Waals surface area contributed by atoms with Crippen LogP contribution in [0.1, 0.15) is 15.9 Å². The van der Waals surface area contributed by atoms with Crippen molar-refractivity contribution in [1.82, 2.24) is 4.98 Å². The Morgan fingerprint density at radius 3 is 2.94 bits per heavy atom. The Morgan fingerprint density at radius 1 is 1.50 bits per heavy atom. The Hall–Kier alpha value is -1.97. The van der Waals surface area contributed by atoms with Crippen LogP contribution in [0.15, 0.2) is 24.5 Å². The molecule has 1 heterocycles. The summed E-state index contributed by atoms with van der Waals surface area (Å²) in [6, 6.07) is 3.04. The summed E-state index contributed by atoms with van der Waals surface area (Å²) in [6.45, 7) is 1.69. The van der Waals surface area contributed by atoms with Crippen LogP contribution in [0.5, 0.6) is 0 Å². The molecule has 0 spiro atoms. The van der Waals surface area contributed by atoms with Crippen molar-refractivity contribution in [1.29, 1.82) is 0 Å². The van der Waals surface area contributed by atoms with Crippen LogP contribution in [0.3, 0.4) is 0 Å². The van der Waals surface area contributed by atoms with Crippen LogP contribution in [0.2, 0.25) is 0 Å². The first-order chi connectivity index (χ1) is 7.65. The summed E-state index contributed by atoms with van der Waals surface area (Å²) in [5.41, 5.74) is 0.561. The molecule has 2 aromatic rings. The molecule has 0 fully saturated rings. The lowest BCUT2D eigenvalue weighted by Gasteiger charge is -2.08. The van der Waals surface area contributed by atoms with Gasteiger partial charge in [0, 0.05) is 17.8 Å². The molecule has 3 nitrogen and oxygen atoms in total. The Kier molecular flexibility index (Phi) is 2.56. The summed E-state index contributed by atoms with van der Waals surface area (Å²) in [7, 11) is 1.23. The lowest BCUT2D eigenvalue weighted by Crippen LogP contribution is -2.07. The van der Waals surface area contributed by atoms with E-state index in [1.54, 1.807) is 25.4 Å².